The van der Waals surface area contributed by atoms with Gasteiger partial charge in [0.15, 0.2) is 0 Å². The summed E-state index contributed by atoms with van der Waals surface area (Å²) >= 11 is 6.36. The van der Waals surface area contributed by atoms with E-state index in [2.05, 4.69) is 10.3 Å². The second-order valence-electron chi connectivity index (χ2n) is 8.48. The number of nitrogens with one attached hydrogen (secondary N) is 1. The van der Waals surface area contributed by atoms with Crippen molar-refractivity contribution in [1.29, 1.82) is 0 Å². The van der Waals surface area contributed by atoms with E-state index < -0.39 is 29.8 Å². The number of pyridine rings is 1. The van der Waals surface area contributed by atoms with Crippen LogP contribution in [0, 0.1) is 11.6 Å². The number of hydrogen-bond donors (Lipinski definition) is 2. The normalized spacial score (nSPS) is 14.1. The molecule has 1 aliphatic heterocycles. The van der Waals surface area contributed by atoms with Gasteiger partial charge in [-0.15, -0.1) is 0 Å². The zero-order valence-corrected chi connectivity index (χ0v) is 20.7. The molecule has 5 rings (SSSR count). The van der Waals surface area contributed by atoms with Crippen LogP contribution in [0.15, 0.2) is 72.8 Å². The van der Waals surface area contributed by atoms with Gasteiger partial charge in [-0.3, -0.25) is 4.79 Å². The van der Waals surface area contributed by atoms with Crippen LogP contribution in [0.4, 0.5) is 19.4 Å². The van der Waals surface area contributed by atoms with Gasteiger partial charge >= 0.3 is 6.16 Å². The van der Waals surface area contributed by atoms with E-state index in [1.165, 1.54) is 12.1 Å². The Balaban J connectivity index is 1.28. The van der Waals surface area contributed by atoms with Gasteiger partial charge in [0.2, 0.25) is 0 Å². The summed E-state index contributed by atoms with van der Waals surface area (Å²) < 4.78 is 43.5. The summed E-state index contributed by atoms with van der Waals surface area (Å²) in [5, 5.41) is 11.8. The number of carbonyl (C=O) groups is 2. The lowest BCUT2D eigenvalue weighted by molar-refractivity contribution is 0.0326. The van der Waals surface area contributed by atoms with Crippen molar-refractivity contribution in [3.05, 3.63) is 101 Å². The molecule has 11 heteroatoms. The third-order valence-corrected chi connectivity index (χ3v) is 6.08. The minimum atomic E-state index is -1.39. The smallest absolute Gasteiger partial charge is 0.493 e. The number of aromatic nitrogens is 1. The number of benzene rings is 3. The quantitative estimate of drug-likeness (QED) is 0.243. The second kappa shape index (κ2) is 11.0. The van der Waals surface area contributed by atoms with Crippen molar-refractivity contribution >= 4 is 29.5 Å². The lowest BCUT2D eigenvalue weighted by Crippen LogP contribution is -2.18. The van der Waals surface area contributed by atoms with Gasteiger partial charge in [-0.25, -0.2) is 18.6 Å². The summed E-state index contributed by atoms with van der Waals surface area (Å²) in [7, 11) is 0. The number of carbonyl (C=O) groups excluding carboxylic acids is 1. The van der Waals surface area contributed by atoms with E-state index in [9.17, 15) is 18.4 Å². The van der Waals surface area contributed by atoms with Crippen molar-refractivity contribution in [3.63, 3.8) is 0 Å². The monoisotopic (exact) mass is 552 g/mol. The van der Waals surface area contributed by atoms with Crippen LogP contribution in [0.5, 0.6) is 17.2 Å². The molecule has 4 aromatic rings. The Kier molecular flexibility index (Phi) is 7.29. The number of nitrogens with zero attached hydrogens (tertiary/aromatic N) is 1. The van der Waals surface area contributed by atoms with Gasteiger partial charge in [-0.1, -0.05) is 17.7 Å². The highest BCUT2D eigenvalue weighted by molar-refractivity contribution is 6.32. The van der Waals surface area contributed by atoms with Crippen molar-refractivity contribution in [2.24, 2.45) is 0 Å². The van der Waals surface area contributed by atoms with Crippen molar-refractivity contribution in [3.8, 4) is 28.5 Å². The fourth-order valence-electron chi connectivity index (χ4n) is 4.04. The molecule has 2 N–H and O–H groups in total. The number of rotatable bonds is 6. The number of hydrogen-bond acceptors (Lipinski definition) is 6. The average molecular weight is 553 g/mol. The number of anilines is 1. The molecule has 0 radical (unpaired) electrons. The highest BCUT2D eigenvalue weighted by Crippen LogP contribution is 2.42. The zero-order chi connectivity index (χ0) is 27.5. The van der Waals surface area contributed by atoms with Gasteiger partial charge in [0.05, 0.1) is 17.3 Å². The van der Waals surface area contributed by atoms with E-state index in [0.29, 0.717) is 34.7 Å². The molecular formula is C28H19ClF2N2O6. The van der Waals surface area contributed by atoms with E-state index >= 15 is 0 Å². The van der Waals surface area contributed by atoms with Crippen LogP contribution in [0.3, 0.4) is 0 Å². The average Bonchev–Trinajstić information content (AvgIpc) is 2.89. The molecule has 0 spiro atoms. The van der Waals surface area contributed by atoms with Crippen LogP contribution in [-0.2, 0) is 4.74 Å². The Morgan fingerprint density at radius 3 is 2.49 bits per heavy atom. The molecule has 2 heterocycles. The standard InChI is InChI=1S/C28H19ClF2N2O6/c29-21-13-20-23(39-28(35)36)8-9-37-24(20)14-25(21)38-19-6-4-15(5-7-19)27(34)33-26-3-1-2-22(32-26)16-10-17(30)12-18(31)11-16/h1-7,10-14,23H,8-9H2,(H,35,36)(H,32,33,34). The maximum atomic E-state index is 13.6. The molecule has 0 bridgehead atoms. The molecule has 0 saturated carbocycles. The molecule has 3 aromatic carbocycles. The molecule has 8 nitrogen and oxygen atoms in total. The van der Waals surface area contributed by atoms with Crippen LogP contribution < -0.4 is 14.8 Å². The maximum absolute atomic E-state index is 13.6. The third-order valence-electron chi connectivity index (χ3n) is 5.79. The van der Waals surface area contributed by atoms with Crippen LogP contribution in [0.1, 0.15) is 28.4 Å². The van der Waals surface area contributed by atoms with Crippen LogP contribution in [-0.4, -0.2) is 28.8 Å². The van der Waals surface area contributed by atoms with E-state index in [0.717, 1.165) is 18.2 Å². The molecule has 198 valence electrons. The highest BCUT2D eigenvalue weighted by Gasteiger charge is 2.27. The summed E-state index contributed by atoms with van der Waals surface area (Å²) in [4.78, 5) is 28.0. The second-order valence-corrected chi connectivity index (χ2v) is 8.88. The van der Waals surface area contributed by atoms with E-state index in [4.69, 9.17) is 30.9 Å². The highest BCUT2D eigenvalue weighted by atomic mass is 35.5. The fraction of sp³-hybridized carbons (Fsp3) is 0.107. The largest absolute Gasteiger partial charge is 0.506 e. The zero-order valence-electron chi connectivity index (χ0n) is 20.0. The Labute approximate surface area is 225 Å². The Morgan fingerprint density at radius 2 is 1.77 bits per heavy atom. The van der Waals surface area contributed by atoms with Gasteiger partial charge in [0, 0.05) is 35.2 Å². The summed E-state index contributed by atoms with van der Waals surface area (Å²) in [5.41, 5.74) is 1.34. The van der Waals surface area contributed by atoms with E-state index in [1.807, 2.05) is 0 Å². The molecule has 1 aromatic heterocycles. The van der Waals surface area contributed by atoms with Crippen LogP contribution >= 0.6 is 11.6 Å². The molecule has 1 atom stereocenters. The minimum absolute atomic E-state index is 0.202. The van der Waals surface area contributed by atoms with Crippen molar-refractivity contribution in [2.75, 3.05) is 11.9 Å². The SMILES string of the molecule is O=C(O)OC1CCOc2cc(Oc3ccc(C(=O)Nc4cccc(-c5cc(F)cc(F)c5)n4)cc3)c(Cl)cc21. The molecule has 0 fully saturated rings. The Bertz CT molecular complexity index is 1540. The van der Waals surface area contributed by atoms with Gasteiger partial charge in [-0.05, 0) is 54.6 Å². The first kappa shape index (κ1) is 25.9. The number of amides is 1. The summed E-state index contributed by atoms with van der Waals surface area (Å²) in [5.74, 6) is -0.657. The van der Waals surface area contributed by atoms with Gasteiger partial charge in [0.1, 0.15) is 40.8 Å². The predicted molar refractivity (Wildman–Crippen MR) is 137 cm³/mol. The van der Waals surface area contributed by atoms with Gasteiger partial charge < -0.3 is 24.6 Å². The maximum Gasteiger partial charge on any atom is 0.506 e. The van der Waals surface area contributed by atoms with E-state index in [-0.39, 0.29) is 28.8 Å². The Hall–Kier alpha value is -4.70. The molecular weight excluding hydrogens is 534 g/mol. The molecule has 1 unspecified atom stereocenters. The fourth-order valence-corrected chi connectivity index (χ4v) is 4.25. The number of ether oxygens (including phenoxy) is 3. The first-order chi connectivity index (χ1) is 18.7. The van der Waals surface area contributed by atoms with Gasteiger partial charge in [-0.2, -0.15) is 0 Å². The Morgan fingerprint density at radius 1 is 1.03 bits per heavy atom. The summed E-state index contributed by atoms with van der Waals surface area (Å²) in [6.45, 7) is 0.271. The first-order valence-corrected chi connectivity index (χ1v) is 12.0. The third kappa shape index (κ3) is 6.07. The predicted octanol–water partition coefficient (Wildman–Crippen LogP) is 7.24. The molecule has 1 aliphatic rings. The summed E-state index contributed by atoms with van der Waals surface area (Å²) in [6, 6.07) is 17.1. The van der Waals surface area contributed by atoms with Crippen molar-refractivity contribution in [1.82, 2.24) is 4.98 Å². The van der Waals surface area contributed by atoms with Crippen LogP contribution in [0.2, 0.25) is 5.02 Å². The topological polar surface area (TPSA) is 107 Å². The lowest BCUT2D eigenvalue weighted by atomic mass is 10.0. The molecule has 39 heavy (non-hydrogen) atoms. The van der Waals surface area contributed by atoms with E-state index in [1.54, 1.807) is 42.5 Å². The molecule has 0 aliphatic carbocycles. The number of carboxylic acid groups (broad SMARTS) is 1. The van der Waals surface area contributed by atoms with Crippen LogP contribution in [0.25, 0.3) is 11.3 Å². The molecule has 0 saturated heterocycles. The number of halogens is 3. The van der Waals surface area contributed by atoms with Gasteiger partial charge in [0.25, 0.3) is 5.91 Å². The van der Waals surface area contributed by atoms with Crippen molar-refractivity contribution in [2.45, 2.75) is 12.5 Å². The van der Waals surface area contributed by atoms with Crippen molar-refractivity contribution < 1.29 is 37.7 Å². The summed E-state index contributed by atoms with van der Waals surface area (Å²) in [6.07, 6.45) is -1.72. The lowest BCUT2D eigenvalue weighted by Gasteiger charge is -2.25. The number of fused-ring (bicyclic) bond motifs is 1. The minimum Gasteiger partial charge on any atom is -0.493 e. The first-order valence-electron chi connectivity index (χ1n) is 11.6. The molecule has 1 amide bonds.